The number of hydrogen-bond acceptors (Lipinski definition) is 4. The van der Waals surface area contributed by atoms with Crippen molar-refractivity contribution in [3.05, 3.63) is 45.1 Å². The van der Waals surface area contributed by atoms with E-state index in [0.29, 0.717) is 0 Å². The van der Waals surface area contributed by atoms with Crippen LogP contribution >= 0.6 is 27.3 Å². The van der Waals surface area contributed by atoms with E-state index in [1.165, 1.54) is 4.88 Å². The Labute approximate surface area is 107 Å². The summed E-state index contributed by atoms with van der Waals surface area (Å²) in [6.45, 7) is 0. The van der Waals surface area contributed by atoms with Crippen LogP contribution in [0.2, 0.25) is 0 Å². The molecule has 5 heteroatoms. The highest BCUT2D eigenvalue weighted by molar-refractivity contribution is 9.10. The molecule has 16 heavy (non-hydrogen) atoms. The minimum atomic E-state index is 0.222. The zero-order chi connectivity index (χ0) is 11.4. The van der Waals surface area contributed by atoms with Gasteiger partial charge in [-0.1, -0.05) is 0 Å². The van der Waals surface area contributed by atoms with E-state index in [0.717, 1.165) is 16.6 Å². The quantitative estimate of drug-likeness (QED) is 0.943. The SMILES string of the molecule is CNC(Cc1cc(Br)cs1)c1cnccn1. The van der Waals surface area contributed by atoms with Crippen molar-refractivity contribution >= 4 is 27.3 Å². The number of nitrogens with one attached hydrogen (secondary N) is 1. The molecule has 0 aliphatic carbocycles. The van der Waals surface area contributed by atoms with E-state index in [-0.39, 0.29) is 6.04 Å². The molecule has 84 valence electrons. The van der Waals surface area contributed by atoms with E-state index in [1.807, 2.05) is 13.2 Å². The molecule has 1 unspecified atom stereocenters. The number of likely N-dealkylation sites (N-methyl/N-ethyl adjacent to an activating group) is 1. The molecule has 3 nitrogen and oxygen atoms in total. The van der Waals surface area contributed by atoms with Crippen LogP contribution in [-0.2, 0) is 6.42 Å². The highest BCUT2D eigenvalue weighted by Gasteiger charge is 2.12. The van der Waals surface area contributed by atoms with E-state index in [2.05, 4.69) is 42.7 Å². The third-order valence-electron chi connectivity index (χ3n) is 2.32. The Morgan fingerprint density at radius 3 is 2.94 bits per heavy atom. The van der Waals surface area contributed by atoms with Gasteiger partial charge in [-0.3, -0.25) is 9.97 Å². The van der Waals surface area contributed by atoms with Gasteiger partial charge < -0.3 is 5.32 Å². The molecule has 1 N–H and O–H groups in total. The van der Waals surface area contributed by atoms with Gasteiger partial charge in [0.05, 0.1) is 11.7 Å². The summed E-state index contributed by atoms with van der Waals surface area (Å²) < 4.78 is 1.14. The Hall–Kier alpha value is -0.780. The van der Waals surface area contributed by atoms with Gasteiger partial charge in [-0.05, 0) is 29.0 Å². The molecule has 0 saturated carbocycles. The van der Waals surface area contributed by atoms with Gasteiger partial charge in [-0.2, -0.15) is 0 Å². The number of halogens is 1. The maximum atomic E-state index is 4.32. The van der Waals surface area contributed by atoms with Crippen LogP contribution in [0.3, 0.4) is 0 Å². The predicted molar refractivity (Wildman–Crippen MR) is 69.6 cm³/mol. The molecule has 1 atom stereocenters. The van der Waals surface area contributed by atoms with Crippen molar-refractivity contribution < 1.29 is 0 Å². The van der Waals surface area contributed by atoms with Crippen LogP contribution in [0.25, 0.3) is 0 Å². The van der Waals surface area contributed by atoms with Crippen molar-refractivity contribution in [2.45, 2.75) is 12.5 Å². The first-order valence-electron chi connectivity index (χ1n) is 4.95. The number of aromatic nitrogens is 2. The topological polar surface area (TPSA) is 37.8 Å². The number of thiophene rings is 1. The summed E-state index contributed by atoms with van der Waals surface area (Å²) in [5, 5.41) is 5.36. The molecule has 0 aliphatic rings. The van der Waals surface area contributed by atoms with Crippen LogP contribution in [0, 0.1) is 0 Å². The molecule has 0 amide bonds. The number of nitrogens with zero attached hydrogens (tertiary/aromatic N) is 2. The van der Waals surface area contributed by atoms with Crippen molar-refractivity contribution in [3.8, 4) is 0 Å². The molecular weight excluding hydrogens is 286 g/mol. The molecule has 0 radical (unpaired) electrons. The largest absolute Gasteiger partial charge is 0.311 e. The Bertz CT molecular complexity index is 444. The Balaban J connectivity index is 2.12. The maximum absolute atomic E-state index is 4.32. The minimum absolute atomic E-state index is 0.222. The Kier molecular flexibility index (Phi) is 4.04. The van der Waals surface area contributed by atoms with Crippen molar-refractivity contribution in [1.29, 1.82) is 0 Å². The third-order valence-corrected chi connectivity index (χ3v) is 4.04. The van der Waals surface area contributed by atoms with Crippen LogP contribution in [0.5, 0.6) is 0 Å². The average Bonchev–Trinajstić information content (AvgIpc) is 2.73. The molecule has 2 heterocycles. The standard InChI is InChI=1S/C11H12BrN3S/c1-13-10(11-6-14-2-3-15-11)5-9-4-8(12)7-16-9/h2-4,6-7,10,13H,5H2,1H3. The third kappa shape index (κ3) is 2.87. The van der Waals surface area contributed by atoms with Crippen molar-refractivity contribution in [2.24, 2.45) is 0 Å². The Morgan fingerprint density at radius 1 is 1.50 bits per heavy atom. The van der Waals surface area contributed by atoms with Gasteiger partial charge >= 0.3 is 0 Å². The first-order valence-corrected chi connectivity index (χ1v) is 6.63. The van der Waals surface area contributed by atoms with Crippen molar-refractivity contribution in [2.75, 3.05) is 7.05 Å². The van der Waals surface area contributed by atoms with Crippen LogP contribution in [0.15, 0.2) is 34.5 Å². The van der Waals surface area contributed by atoms with Crippen LogP contribution in [0.1, 0.15) is 16.6 Å². The molecule has 0 aliphatic heterocycles. The lowest BCUT2D eigenvalue weighted by Crippen LogP contribution is -2.19. The Morgan fingerprint density at radius 2 is 2.38 bits per heavy atom. The van der Waals surface area contributed by atoms with Gasteiger partial charge in [0.15, 0.2) is 0 Å². The molecule has 0 aromatic carbocycles. The molecule has 2 rings (SSSR count). The fraction of sp³-hybridized carbons (Fsp3) is 0.273. The summed E-state index contributed by atoms with van der Waals surface area (Å²) in [5.41, 5.74) is 0.981. The molecule has 2 aromatic heterocycles. The van der Waals surface area contributed by atoms with Crippen molar-refractivity contribution in [3.63, 3.8) is 0 Å². The summed E-state index contributed by atoms with van der Waals surface area (Å²) in [4.78, 5) is 9.74. The van der Waals surface area contributed by atoms with E-state index >= 15 is 0 Å². The number of rotatable bonds is 4. The van der Waals surface area contributed by atoms with Crippen LogP contribution < -0.4 is 5.32 Å². The fourth-order valence-electron chi connectivity index (χ4n) is 1.51. The second kappa shape index (κ2) is 5.52. The second-order valence-electron chi connectivity index (χ2n) is 3.41. The summed E-state index contributed by atoms with van der Waals surface area (Å²) in [7, 11) is 1.95. The van der Waals surface area contributed by atoms with Crippen molar-refractivity contribution in [1.82, 2.24) is 15.3 Å². The van der Waals surface area contributed by atoms with Crippen LogP contribution in [-0.4, -0.2) is 17.0 Å². The van der Waals surface area contributed by atoms with Gasteiger partial charge in [0.2, 0.25) is 0 Å². The smallest absolute Gasteiger partial charge is 0.0759 e. The van der Waals surface area contributed by atoms with Gasteiger partial charge in [-0.25, -0.2) is 0 Å². The molecule has 2 aromatic rings. The van der Waals surface area contributed by atoms with E-state index in [4.69, 9.17) is 0 Å². The lowest BCUT2D eigenvalue weighted by Gasteiger charge is -2.13. The zero-order valence-corrected chi connectivity index (χ0v) is 11.3. The second-order valence-corrected chi connectivity index (χ2v) is 5.32. The van der Waals surface area contributed by atoms with Crippen LogP contribution in [0.4, 0.5) is 0 Å². The first kappa shape index (κ1) is 11.7. The molecule has 0 spiro atoms. The van der Waals surface area contributed by atoms with Gasteiger partial charge in [-0.15, -0.1) is 11.3 Å². The number of hydrogen-bond donors (Lipinski definition) is 1. The predicted octanol–water partition coefficient (Wildman–Crippen LogP) is 2.80. The van der Waals surface area contributed by atoms with Gasteiger partial charge in [0, 0.05) is 39.7 Å². The lowest BCUT2D eigenvalue weighted by atomic mass is 10.1. The molecule has 0 bridgehead atoms. The molecule has 0 fully saturated rings. The van der Waals surface area contributed by atoms with E-state index in [1.54, 1.807) is 23.7 Å². The average molecular weight is 298 g/mol. The maximum Gasteiger partial charge on any atom is 0.0759 e. The fourth-order valence-corrected chi connectivity index (χ4v) is 3.01. The highest BCUT2D eigenvalue weighted by atomic mass is 79.9. The van der Waals surface area contributed by atoms with E-state index in [9.17, 15) is 0 Å². The zero-order valence-electron chi connectivity index (χ0n) is 8.85. The summed E-state index contributed by atoms with van der Waals surface area (Å²) in [6.07, 6.45) is 6.16. The van der Waals surface area contributed by atoms with Gasteiger partial charge in [0.25, 0.3) is 0 Å². The van der Waals surface area contributed by atoms with Gasteiger partial charge in [0.1, 0.15) is 0 Å². The first-order chi connectivity index (χ1) is 7.79. The highest BCUT2D eigenvalue weighted by Crippen LogP contribution is 2.24. The summed E-state index contributed by atoms with van der Waals surface area (Å²) in [6, 6.07) is 2.37. The summed E-state index contributed by atoms with van der Waals surface area (Å²) in [5.74, 6) is 0. The molecular formula is C11H12BrN3S. The van der Waals surface area contributed by atoms with E-state index < -0.39 is 0 Å². The minimum Gasteiger partial charge on any atom is -0.311 e. The monoisotopic (exact) mass is 297 g/mol. The normalized spacial score (nSPS) is 12.6. The summed E-state index contributed by atoms with van der Waals surface area (Å²) >= 11 is 5.22. The lowest BCUT2D eigenvalue weighted by molar-refractivity contribution is 0.577. The molecule has 0 saturated heterocycles.